The molecule has 0 radical (unpaired) electrons. The van der Waals surface area contributed by atoms with E-state index in [0.29, 0.717) is 41.9 Å². The van der Waals surface area contributed by atoms with E-state index in [2.05, 4.69) is 45.1 Å². The summed E-state index contributed by atoms with van der Waals surface area (Å²) < 4.78 is 0. The number of fused-ring (bicyclic) bond motifs is 5. The SMILES string of the molecule is CC(NC(=O)CC[C@@H](C)[C@H]1CC[C@H]2[C@@H]3[C@@H](O)C[C@@H]4C[C@H](O)CC[C@]4(C)[C@H]3CC[C@]12C)c1ccccc1. The first-order chi connectivity index (χ1) is 17.1. The fourth-order valence-electron chi connectivity index (χ4n) is 9.87. The molecule has 0 bridgehead atoms. The Labute approximate surface area is 218 Å². The Kier molecular flexibility index (Phi) is 7.33. The highest BCUT2D eigenvalue weighted by atomic mass is 16.3. The Hall–Kier alpha value is -1.39. The highest BCUT2D eigenvalue weighted by Gasteiger charge is 2.62. The molecule has 0 aliphatic heterocycles. The van der Waals surface area contributed by atoms with E-state index in [-0.39, 0.29) is 35.0 Å². The fraction of sp³-hybridized carbons (Fsp3) is 0.781. The quantitative estimate of drug-likeness (QED) is 0.436. The van der Waals surface area contributed by atoms with Gasteiger partial charge in [-0.15, -0.1) is 0 Å². The average molecular weight is 496 g/mol. The van der Waals surface area contributed by atoms with Crippen molar-refractivity contribution in [3.8, 4) is 0 Å². The predicted molar refractivity (Wildman–Crippen MR) is 144 cm³/mol. The predicted octanol–water partition coefficient (Wildman–Crippen LogP) is 6.27. The topological polar surface area (TPSA) is 69.6 Å². The summed E-state index contributed by atoms with van der Waals surface area (Å²) in [5.74, 6) is 3.37. The number of carbonyl (C=O) groups excluding carboxylic acids is 1. The molecule has 4 heteroatoms. The minimum absolute atomic E-state index is 0.0385. The molecule has 3 N–H and O–H groups in total. The van der Waals surface area contributed by atoms with Crippen molar-refractivity contribution in [2.45, 2.75) is 110 Å². The lowest BCUT2D eigenvalue weighted by Gasteiger charge is -2.62. The van der Waals surface area contributed by atoms with Gasteiger partial charge in [-0.05, 0) is 117 Å². The van der Waals surface area contributed by atoms with E-state index < -0.39 is 0 Å². The number of amides is 1. The molecular formula is C32H49NO3. The Bertz CT molecular complexity index is 919. The minimum atomic E-state index is -0.220. The molecular weight excluding hydrogens is 446 g/mol. The third kappa shape index (κ3) is 4.55. The number of carbonyl (C=O) groups is 1. The van der Waals surface area contributed by atoms with Crippen molar-refractivity contribution in [3.63, 3.8) is 0 Å². The molecule has 0 saturated heterocycles. The summed E-state index contributed by atoms with van der Waals surface area (Å²) in [5, 5.41) is 25.0. The van der Waals surface area contributed by atoms with Crippen molar-refractivity contribution >= 4 is 5.91 Å². The standard InChI is InChI=1S/C32H49NO3/c1-20(10-13-29(36)33-21(2)22-8-6-5-7-9-22)25-11-12-26-30-27(15-17-32(25,26)4)31(3)16-14-24(34)18-23(31)19-28(30)35/h5-9,20-21,23-28,30,34-35H,10-19H2,1-4H3,(H,33,36)/t20-,21?,23+,24-,25-,26+,27+,28+,30+,31+,32-/m1/s1. The molecule has 1 unspecified atom stereocenters. The Morgan fingerprint density at radius 1 is 0.972 bits per heavy atom. The maximum absolute atomic E-state index is 12.8. The third-order valence-electron chi connectivity index (χ3n) is 11.9. The molecule has 0 heterocycles. The lowest BCUT2D eigenvalue weighted by atomic mass is 9.43. The monoisotopic (exact) mass is 495 g/mol. The zero-order chi connectivity index (χ0) is 25.7. The van der Waals surface area contributed by atoms with Gasteiger partial charge >= 0.3 is 0 Å². The molecule has 1 aromatic rings. The van der Waals surface area contributed by atoms with Crippen LogP contribution in [0.3, 0.4) is 0 Å². The number of nitrogens with one attached hydrogen (secondary N) is 1. The molecule has 5 rings (SSSR count). The highest BCUT2D eigenvalue weighted by molar-refractivity contribution is 5.76. The minimum Gasteiger partial charge on any atom is -0.393 e. The zero-order valence-corrected chi connectivity index (χ0v) is 23.0. The van der Waals surface area contributed by atoms with Crippen molar-refractivity contribution in [1.29, 1.82) is 0 Å². The van der Waals surface area contributed by atoms with E-state index in [1.54, 1.807) is 0 Å². The molecule has 11 atom stereocenters. The van der Waals surface area contributed by atoms with Crippen LogP contribution in [0.15, 0.2) is 30.3 Å². The normalized spacial score (nSPS) is 43.6. The van der Waals surface area contributed by atoms with E-state index in [1.807, 2.05) is 18.2 Å². The van der Waals surface area contributed by atoms with Crippen LogP contribution < -0.4 is 5.32 Å². The van der Waals surface area contributed by atoms with Gasteiger partial charge in [0.05, 0.1) is 18.2 Å². The van der Waals surface area contributed by atoms with E-state index in [4.69, 9.17) is 0 Å². The van der Waals surface area contributed by atoms with Crippen molar-refractivity contribution in [2.24, 2.45) is 46.3 Å². The summed E-state index contributed by atoms with van der Waals surface area (Å²) in [6.45, 7) is 9.44. The summed E-state index contributed by atoms with van der Waals surface area (Å²) in [4.78, 5) is 12.8. The number of aliphatic hydroxyl groups is 2. The van der Waals surface area contributed by atoms with Gasteiger partial charge in [0, 0.05) is 6.42 Å². The van der Waals surface area contributed by atoms with E-state index in [1.165, 1.54) is 25.7 Å². The first-order valence-electron chi connectivity index (χ1n) is 14.8. The Balaban J connectivity index is 1.22. The summed E-state index contributed by atoms with van der Waals surface area (Å²) in [7, 11) is 0. The molecule has 0 spiro atoms. The Morgan fingerprint density at radius 2 is 1.67 bits per heavy atom. The van der Waals surface area contributed by atoms with Gasteiger partial charge in [-0.25, -0.2) is 0 Å². The lowest BCUT2D eigenvalue weighted by molar-refractivity contribution is -0.174. The van der Waals surface area contributed by atoms with Gasteiger partial charge in [-0.2, -0.15) is 0 Å². The van der Waals surface area contributed by atoms with Gasteiger partial charge < -0.3 is 15.5 Å². The summed E-state index contributed by atoms with van der Waals surface area (Å²) in [5.41, 5.74) is 1.70. The van der Waals surface area contributed by atoms with Crippen LogP contribution in [-0.4, -0.2) is 28.3 Å². The second-order valence-electron chi connectivity index (χ2n) is 13.7. The van der Waals surface area contributed by atoms with Gasteiger partial charge in [-0.3, -0.25) is 4.79 Å². The average Bonchev–Trinajstić information content (AvgIpc) is 3.21. The van der Waals surface area contributed by atoms with Crippen molar-refractivity contribution in [3.05, 3.63) is 35.9 Å². The van der Waals surface area contributed by atoms with Crippen LogP contribution in [0.2, 0.25) is 0 Å². The fourth-order valence-corrected chi connectivity index (χ4v) is 9.87. The van der Waals surface area contributed by atoms with E-state index in [0.717, 1.165) is 37.7 Å². The largest absolute Gasteiger partial charge is 0.393 e. The van der Waals surface area contributed by atoms with Gasteiger partial charge in [-0.1, -0.05) is 51.1 Å². The van der Waals surface area contributed by atoms with Crippen LogP contribution in [0.4, 0.5) is 0 Å². The highest BCUT2D eigenvalue weighted by Crippen LogP contribution is 2.68. The molecule has 4 saturated carbocycles. The van der Waals surface area contributed by atoms with Crippen LogP contribution in [-0.2, 0) is 4.79 Å². The van der Waals surface area contributed by atoms with Gasteiger partial charge in [0.1, 0.15) is 0 Å². The molecule has 4 fully saturated rings. The second kappa shape index (κ2) is 10.1. The molecule has 200 valence electrons. The maximum atomic E-state index is 12.8. The smallest absolute Gasteiger partial charge is 0.220 e. The van der Waals surface area contributed by atoms with Crippen molar-refractivity contribution in [2.75, 3.05) is 0 Å². The number of hydrogen-bond donors (Lipinski definition) is 3. The number of aliphatic hydroxyl groups excluding tert-OH is 2. The maximum Gasteiger partial charge on any atom is 0.220 e. The van der Waals surface area contributed by atoms with Crippen LogP contribution >= 0.6 is 0 Å². The summed E-state index contributed by atoms with van der Waals surface area (Å²) in [6, 6.07) is 10.2. The van der Waals surface area contributed by atoms with Crippen LogP contribution in [0.25, 0.3) is 0 Å². The van der Waals surface area contributed by atoms with Gasteiger partial charge in [0.25, 0.3) is 0 Å². The van der Waals surface area contributed by atoms with Gasteiger partial charge in [0.2, 0.25) is 5.91 Å². The molecule has 36 heavy (non-hydrogen) atoms. The second-order valence-corrected chi connectivity index (χ2v) is 13.7. The first-order valence-corrected chi connectivity index (χ1v) is 14.8. The number of rotatable bonds is 6. The molecule has 0 aromatic heterocycles. The van der Waals surface area contributed by atoms with E-state index in [9.17, 15) is 15.0 Å². The van der Waals surface area contributed by atoms with Crippen LogP contribution in [0.1, 0.15) is 104 Å². The van der Waals surface area contributed by atoms with E-state index >= 15 is 0 Å². The molecule has 1 amide bonds. The lowest BCUT2D eigenvalue weighted by Crippen LogP contribution is -2.58. The van der Waals surface area contributed by atoms with Crippen molar-refractivity contribution in [1.82, 2.24) is 5.32 Å². The summed E-state index contributed by atoms with van der Waals surface area (Å²) in [6.07, 6.45) is 9.87. The first kappa shape index (κ1) is 26.2. The molecule has 4 aliphatic rings. The molecule has 4 nitrogen and oxygen atoms in total. The third-order valence-corrected chi connectivity index (χ3v) is 11.9. The van der Waals surface area contributed by atoms with Crippen LogP contribution in [0.5, 0.6) is 0 Å². The Morgan fingerprint density at radius 3 is 2.42 bits per heavy atom. The van der Waals surface area contributed by atoms with Gasteiger partial charge in [0.15, 0.2) is 0 Å². The summed E-state index contributed by atoms with van der Waals surface area (Å²) >= 11 is 0. The van der Waals surface area contributed by atoms with Crippen molar-refractivity contribution < 1.29 is 15.0 Å². The molecule has 4 aliphatic carbocycles. The molecule has 1 aromatic carbocycles. The number of benzene rings is 1. The van der Waals surface area contributed by atoms with Crippen LogP contribution in [0, 0.1) is 46.3 Å². The number of hydrogen-bond acceptors (Lipinski definition) is 3. The zero-order valence-electron chi connectivity index (χ0n) is 23.0.